The molecule has 9 unspecified atom stereocenters. The maximum atomic E-state index is 9.21. The van der Waals surface area contributed by atoms with Crippen LogP contribution in [0.15, 0.2) is 0 Å². The molecular formula is C25H44O2. The van der Waals surface area contributed by atoms with Crippen LogP contribution in [-0.4, -0.2) is 24.9 Å². The maximum Gasteiger partial charge on any atom is 0.0612 e. The summed E-state index contributed by atoms with van der Waals surface area (Å²) in [5.74, 6) is 5.33. The van der Waals surface area contributed by atoms with Crippen molar-refractivity contribution in [3.8, 4) is 0 Å². The zero-order valence-electron chi connectivity index (χ0n) is 18.4. The number of aliphatic hydroxyl groups is 1. The van der Waals surface area contributed by atoms with Crippen molar-refractivity contribution in [3.05, 3.63) is 0 Å². The molecule has 0 amide bonds. The van der Waals surface area contributed by atoms with E-state index >= 15 is 0 Å². The van der Waals surface area contributed by atoms with Crippen molar-refractivity contribution in [2.24, 2.45) is 46.3 Å². The molecule has 1 N–H and O–H groups in total. The Bertz CT molecular complexity index is 518. The Morgan fingerprint density at radius 2 is 1.81 bits per heavy atom. The standard InChI is InChI=1S/C25H44O2/c1-17-12-13-24(2)19(15-17)8-10-20-21-11-9-18(7-5-6-14-26)25(21,3)16-22(27-4)23(20)24/h17-23,26H,5-16H2,1-4H3. The second-order valence-electron chi connectivity index (χ2n) is 11.4. The highest BCUT2D eigenvalue weighted by Crippen LogP contribution is 2.68. The summed E-state index contributed by atoms with van der Waals surface area (Å²) in [5.41, 5.74) is 0.995. The highest BCUT2D eigenvalue weighted by molar-refractivity contribution is 5.11. The van der Waals surface area contributed by atoms with E-state index in [4.69, 9.17) is 4.74 Å². The van der Waals surface area contributed by atoms with Crippen molar-refractivity contribution in [2.75, 3.05) is 13.7 Å². The Balaban J connectivity index is 1.59. The predicted octanol–water partition coefficient (Wildman–Crippen LogP) is 6.07. The van der Waals surface area contributed by atoms with E-state index in [9.17, 15) is 5.11 Å². The van der Waals surface area contributed by atoms with Gasteiger partial charge in [0, 0.05) is 13.7 Å². The molecule has 4 rings (SSSR count). The van der Waals surface area contributed by atoms with Gasteiger partial charge in [0.1, 0.15) is 0 Å². The summed E-state index contributed by atoms with van der Waals surface area (Å²) in [6.07, 6.45) is 15.4. The Hall–Kier alpha value is -0.0800. The fourth-order valence-corrected chi connectivity index (χ4v) is 8.87. The fourth-order valence-electron chi connectivity index (χ4n) is 8.87. The molecule has 0 aromatic carbocycles. The SMILES string of the molecule is COC1CC2(C)C(CCCCO)CCC2C2CCC3CC(C)CCC3(C)C12. The molecule has 27 heavy (non-hydrogen) atoms. The predicted molar refractivity (Wildman–Crippen MR) is 111 cm³/mol. The van der Waals surface area contributed by atoms with E-state index in [-0.39, 0.29) is 0 Å². The summed E-state index contributed by atoms with van der Waals surface area (Å²) in [4.78, 5) is 0. The number of hydrogen-bond acceptors (Lipinski definition) is 2. The molecule has 9 atom stereocenters. The first-order valence-electron chi connectivity index (χ1n) is 12.1. The van der Waals surface area contributed by atoms with Crippen LogP contribution >= 0.6 is 0 Å². The summed E-state index contributed by atoms with van der Waals surface area (Å²) in [5, 5.41) is 9.21. The summed E-state index contributed by atoms with van der Waals surface area (Å²) < 4.78 is 6.31. The van der Waals surface area contributed by atoms with Gasteiger partial charge >= 0.3 is 0 Å². The average molecular weight is 377 g/mol. The number of ether oxygens (including phenoxy) is 1. The molecule has 0 bridgehead atoms. The number of fused-ring (bicyclic) bond motifs is 5. The molecule has 0 heterocycles. The molecule has 0 aliphatic heterocycles. The van der Waals surface area contributed by atoms with Crippen LogP contribution in [0.1, 0.15) is 91.4 Å². The largest absolute Gasteiger partial charge is 0.396 e. The van der Waals surface area contributed by atoms with Gasteiger partial charge in [-0.3, -0.25) is 0 Å². The second-order valence-corrected chi connectivity index (χ2v) is 11.4. The molecule has 2 nitrogen and oxygen atoms in total. The van der Waals surface area contributed by atoms with Crippen molar-refractivity contribution in [3.63, 3.8) is 0 Å². The minimum absolute atomic E-state index is 0.358. The second kappa shape index (κ2) is 7.63. The van der Waals surface area contributed by atoms with Gasteiger partial charge in [0.25, 0.3) is 0 Å². The lowest BCUT2D eigenvalue weighted by molar-refractivity contribution is -0.181. The van der Waals surface area contributed by atoms with Crippen molar-refractivity contribution in [1.82, 2.24) is 0 Å². The Morgan fingerprint density at radius 1 is 1.00 bits per heavy atom. The van der Waals surface area contributed by atoms with Gasteiger partial charge in [0.05, 0.1) is 6.10 Å². The van der Waals surface area contributed by atoms with Gasteiger partial charge in [-0.15, -0.1) is 0 Å². The van der Waals surface area contributed by atoms with Crippen LogP contribution in [0.4, 0.5) is 0 Å². The summed E-state index contributed by atoms with van der Waals surface area (Å²) >= 11 is 0. The number of methoxy groups -OCH3 is 1. The molecule has 4 saturated carbocycles. The molecule has 4 fully saturated rings. The summed E-state index contributed by atoms with van der Waals surface area (Å²) in [7, 11) is 2.00. The molecule has 0 radical (unpaired) electrons. The monoisotopic (exact) mass is 376 g/mol. The number of aliphatic hydroxyl groups excluding tert-OH is 1. The van der Waals surface area contributed by atoms with E-state index in [1.807, 2.05) is 7.11 Å². The molecule has 0 aromatic heterocycles. The number of hydrogen-bond donors (Lipinski definition) is 1. The lowest BCUT2D eigenvalue weighted by Gasteiger charge is -2.63. The van der Waals surface area contributed by atoms with Crippen molar-refractivity contribution < 1.29 is 9.84 Å². The normalized spacial score (nSPS) is 52.1. The van der Waals surface area contributed by atoms with E-state index in [2.05, 4.69) is 20.8 Å². The van der Waals surface area contributed by atoms with Gasteiger partial charge in [0.15, 0.2) is 0 Å². The molecule has 0 aromatic rings. The van der Waals surface area contributed by atoms with Gasteiger partial charge < -0.3 is 9.84 Å². The van der Waals surface area contributed by atoms with Crippen LogP contribution in [0.25, 0.3) is 0 Å². The molecular weight excluding hydrogens is 332 g/mol. The third kappa shape index (κ3) is 3.21. The van der Waals surface area contributed by atoms with Crippen LogP contribution in [0, 0.1) is 46.3 Å². The minimum atomic E-state index is 0.358. The topological polar surface area (TPSA) is 29.5 Å². The average Bonchev–Trinajstić information content (AvgIpc) is 2.98. The first-order chi connectivity index (χ1) is 12.9. The van der Waals surface area contributed by atoms with Crippen molar-refractivity contribution >= 4 is 0 Å². The lowest BCUT2D eigenvalue weighted by Crippen LogP contribution is -2.59. The van der Waals surface area contributed by atoms with Crippen LogP contribution in [0.3, 0.4) is 0 Å². The molecule has 4 aliphatic rings. The van der Waals surface area contributed by atoms with Gasteiger partial charge in [-0.05, 0) is 104 Å². The van der Waals surface area contributed by atoms with E-state index in [0.29, 0.717) is 23.5 Å². The smallest absolute Gasteiger partial charge is 0.0612 e. The Kier molecular flexibility index (Phi) is 5.71. The fraction of sp³-hybridized carbons (Fsp3) is 1.00. The summed E-state index contributed by atoms with van der Waals surface area (Å²) in [6, 6.07) is 0. The quantitative estimate of drug-likeness (QED) is 0.590. The summed E-state index contributed by atoms with van der Waals surface area (Å²) in [6.45, 7) is 8.11. The van der Waals surface area contributed by atoms with Gasteiger partial charge in [0.2, 0.25) is 0 Å². The molecule has 2 heteroatoms. The van der Waals surface area contributed by atoms with Gasteiger partial charge in [-0.1, -0.05) is 33.6 Å². The van der Waals surface area contributed by atoms with Crippen molar-refractivity contribution in [1.29, 1.82) is 0 Å². The van der Waals surface area contributed by atoms with Crippen LogP contribution in [0.2, 0.25) is 0 Å². The molecule has 4 aliphatic carbocycles. The van der Waals surface area contributed by atoms with Crippen LogP contribution in [0.5, 0.6) is 0 Å². The molecule has 0 spiro atoms. The van der Waals surface area contributed by atoms with Gasteiger partial charge in [-0.2, -0.15) is 0 Å². The highest BCUT2D eigenvalue weighted by atomic mass is 16.5. The molecule has 0 saturated heterocycles. The Morgan fingerprint density at radius 3 is 2.56 bits per heavy atom. The van der Waals surface area contributed by atoms with E-state index in [1.165, 1.54) is 64.2 Å². The van der Waals surface area contributed by atoms with Gasteiger partial charge in [-0.25, -0.2) is 0 Å². The third-order valence-electron chi connectivity index (χ3n) is 10.3. The number of rotatable bonds is 5. The first-order valence-corrected chi connectivity index (χ1v) is 12.1. The highest BCUT2D eigenvalue weighted by Gasteiger charge is 2.62. The third-order valence-corrected chi connectivity index (χ3v) is 10.3. The first kappa shape index (κ1) is 20.2. The van der Waals surface area contributed by atoms with E-state index < -0.39 is 0 Å². The zero-order chi connectivity index (χ0) is 19.2. The lowest BCUT2D eigenvalue weighted by atomic mass is 9.43. The van der Waals surface area contributed by atoms with Crippen molar-refractivity contribution in [2.45, 2.75) is 97.5 Å². The maximum absolute atomic E-state index is 9.21. The van der Waals surface area contributed by atoms with Crippen LogP contribution < -0.4 is 0 Å². The zero-order valence-corrected chi connectivity index (χ0v) is 18.4. The molecule has 156 valence electrons. The number of unbranched alkanes of at least 4 members (excludes halogenated alkanes) is 1. The minimum Gasteiger partial charge on any atom is -0.396 e. The van der Waals surface area contributed by atoms with E-state index in [0.717, 1.165) is 41.9 Å². The van der Waals surface area contributed by atoms with E-state index in [1.54, 1.807) is 0 Å². The van der Waals surface area contributed by atoms with Crippen LogP contribution in [-0.2, 0) is 4.74 Å². The Labute approximate surface area is 167 Å².